The van der Waals surface area contributed by atoms with Gasteiger partial charge in [-0.1, -0.05) is 72.8 Å². The molecule has 0 bridgehead atoms. The van der Waals surface area contributed by atoms with E-state index in [1.807, 2.05) is 60.8 Å². The van der Waals surface area contributed by atoms with Gasteiger partial charge in [0.1, 0.15) is 0 Å². The molecule has 4 rings (SSSR count). The number of amides is 1. The molecule has 0 saturated heterocycles. The Bertz CT molecular complexity index is 1140. The minimum absolute atomic E-state index is 0.0442. The van der Waals surface area contributed by atoms with Crippen LogP contribution in [0.15, 0.2) is 71.1 Å². The van der Waals surface area contributed by atoms with Crippen LogP contribution in [0.1, 0.15) is 18.9 Å². The lowest BCUT2D eigenvalue weighted by Crippen LogP contribution is -2.24. The first-order chi connectivity index (χ1) is 14.1. The molecule has 2 heterocycles. The lowest BCUT2D eigenvalue weighted by atomic mass is 10.1. The summed E-state index contributed by atoms with van der Waals surface area (Å²) in [6, 6.07) is 20.2. The number of thioether (sulfide) groups is 1. The van der Waals surface area contributed by atoms with Gasteiger partial charge in [-0.25, -0.2) is 9.97 Å². The Balaban J connectivity index is 1.45. The number of pyridine rings is 1. The van der Waals surface area contributed by atoms with Crippen LogP contribution in [-0.4, -0.2) is 21.1 Å². The molecule has 4 nitrogen and oxygen atoms in total. The first-order valence-electron chi connectivity index (χ1n) is 9.48. The molecule has 0 spiro atoms. The fraction of sp³-hybridized carbons (Fsp3) is 0.174. The lowest BCUT2D eigenvalue weighted by Gasteiger charge is -2.13. The van der Waals surface area contributed by atoms with Crippen molar-refractivity contribution in [1.82, 2.24) is 9.97 Å². The predicted molar refractivity (Wildman–Crippen MR) is 123 cm³/mol. The number of hydrogen-bond donors (Lipinski definition) is 1. The van der Waals surface area contributed by atoms with Crippen molar-refractivity contribution >= 4 is 45.0 Å². The third kappa shape index (κ3) is 4.66. The second-order valence-electron chi connectivity index (χ2n) is 6.75. The number of fused-ring (bicyclic) bond motifs is 1. The van der Waals surface area contributed by atoms with E-state index in [9.17, 15) is 4.79 Å². The van der Waals surface area contributed by atoms with Gasteiger partial charge >= 0.3 is 0 Å². The van der Waals surface area contributed by atoms with Gasteiger partial charge in [-0.2, -0.15) is 0 Å². The Kier molecular flexibility index (Phi) is 5.92. The Morgan fingerprint density at radius 3 is 2.66 bits per heavy atom. The van der Waals surface area contributed by atoms with Gasteiger partial charge in [-0.3, -0.25) is 4.79 Å². The van der Waals surface area contributed by atoms with Crippen LogP contribution in [0.5, 0.6) is 0 Å². The molecule has 1 atom stereocenters. The number of nitrogens with zero attached hydrogens (tertiary/aromatic N) is 2. The summed E-state index contributed by atoms with van der Waals surface area (Å²) in [5, 5.41) is 7.29. The second kappa shape index (κ2) is 8.76. The third-order valence-electron chi connectivity index (χ3n) is 4.58. The number of carbonyl (C=O) groups is 1. The SMILES string of the molecule is CCC(Sc1ccc2ccccc2n1)C(=O)Nc1nc(-c2ccc(C)cc2)cs1. The van der Waals surface area contributed by atoms with Gasteiger partial charge in [0.2, 0.25) is 5.91 Å². The highest BCUT2D eigenvalue weighted by Crippen LogP contribution is 2.29. The van der Waals surface area contributed by atoms with E-state index in [0.29, 0.717) is 11.6 Å². The van der Waals surface area contributed by atoms with Crippen LogP contribution in [-0.2, 0) is 4.79 Å². The van der Waals surface area contributed by atoms with E-state index < -0.39 is 0 Å². The summed E-state index contributed by atoms with van der Waals surface area (Å²) in [6.45, 7) is 4.07. The van der Waals surface area contributed by atoms with Crippen LogP contribution in [0.2, 0.25) is 0 Å². The smallest absolute Gasteiger partial charge is 0.239 e. The van der Waals surface area contributed by atoms with Gasteiger partial charge in [0, 0.05) is 16.3 Å². The molecule has 0 fully saturated rings. The fourth-order valence-electron chi connectivity index (χ4n) is 2.95. The summed E-state index contributed by atoms with van der Waals surface area (Å²) in [5.74, 6) is -0.0442. The number of hydrogen-bond acceptors (Lipinski definition) is 5. The molecular formula is C23H21N3OS2. The lowest BCUT2D eigenvalue weighted by molar-refractivity contribution is -0.115. The summed E-state index contributed by atoms with van der Waals surface area (Å²) in [7, 11) is 0. The van der Waals surface area contributed by atoms with Crippen LogP contribution in [0.3, 0.4) is 0 Å². The van der Waals surface area contributed by atoms with Crippen LogP contribution in [0.25, 0.3) is 22.2 Å². The van der Waals surface area contributed by atoms with E-state index >= 15 is 0 Å². The summed E-state index contributed by atoms with van der Waals surface area (Å²) in [5.41, 5.74) is 4.08. The van der Waals surface area contributed by atoms with Gasteiger partial charge in [0.15, 0.2) is 5.13 Å². The number of para-hydroxylation sites is 1. The van der Waals surface area contributed by atoms with Gasteiger partial charge in [0.25, 0.3) is 0 Å². The predicted octanol–water partition coefficient (Wildman–Crippen LogP) is 6.18. The van der Waals surface area contributed by atoms with Gasteiger partial charge in [0.05, 0.1) is 21.5 Å². The standard InChI is InChI=1S/C23H21N3OS2/c1-3-20(29-21-13-12-16-6-4-5-7-18(16)24-21)22(27)26-23-25-19(14-28-23)17-10-8-15(2)9-11-17/h4-14,20H,3H2,1-2H3,(H,25,26,27). The van der Waals surface area contributed by atoms with Crippen molar-refractivity contribution in [3.63, 3.8) is 0 Å². The summed E-state index contributed by atoms with van der Waals surface area (Å²) in [6.07, 6.45) is 0.710. The normalized spacial score (nSPS) is 12.1. The van der Waals surface area contributed by atoms with Gasteiger partial charge in [-0.15, -0.1) is 11.3 Å². The highest BCUT2D eigenvalue weighted by molar-refractivity contribution is 8.00. The molecule has 0 aliphatic rings. The van der Waals surface area contributed by atoms with Crippen molar-refractivity contribution in [2.24, 2.45) is 0 Å². The number of carbonyl (C=O) groups excluding carboxylic acids is 1. The second-order valence-corrected chi connectivity index (χ2v) is 8.83. The summed E-state index contributed by atoms with van der Waals surface area (Å²) >= 11 is 2.93. The largest absolute Gasteiger partial charge is 0.301 e. The van der Waals surface area contributed by atoms with Crippen molar-refractivity contribution in [2.75, 3.05) is 5.32 Å². The number of thiazole rings is 1. The maximum Gasteiger partial charge on any atom is 0.239 e. The number of benzene rings is 2. The molecule has 0 aliphatic carbocycles. The van der Waals surface area contributed by atoms with Gasteiger partial charge < -0.3 is 5.32 Å². The van der Waals surface area contributed by atoms with Crippen molar-refractivity contribution in [1.29, 1.82) is 0 Å². The number of rotatable bonds is 6. The van der Waals surface area contributed by atoms with Crippen molar-refractivity contribution in [2.45, 2.75) is 30.5 Å². The van der Waals surface area contributed by atoms with Crippen LogP contribution in [0, 0.1) is 6.92 Å². The van der Waals surface area contributed by atoms with E-state index in [0.717, 1.165) is 27.2 Å². The van der Waals surface area contributed by atoms with E-state index in [1.54, 1.807) is 0 Å². The molecule has 1 amide bonds. The average Bonchev–Trinajstić information content (AvgIpc) is 3.20. The molecule has 2 aromatic heterocycles. The Labute approximate surface area is 178 Å². The van der Waals surface area contributed by atoms with Crippen molar-refractivity contribution in [3.8, 4) is 11.3 Å². The quantitative estimate of drug-likeness (QED) is 0.379. The maximum absolute atomic E-state index is 12.8. The molecule has 0 radical (unpaired) electrons. The number of anilines is 1. The molecule has 2 aromatic carbocycles. The monoisotopic (exact) mass is 419 g/mol. The van der Waals surface area contributed by atoms with Gasteiger partial charge in [-0.05, 0) is 25.5 Å². The Morgan fingerprint density at radius 1 is 1.07 bits per heavy atom. The molecule has 0 saturated carbocycles. The first-order valence-corrected chi connectivity index (χ1v) is 11.2. The molecule has 0 aliphatic heterocycles. The molecule has 29 heavy (non-hydrogen) atoms. The van der Waals surface area contributed by atoms with Crippen molar-refractivity contribution in [3.05, 3.63) is 71.6 Å². The minimum atomic E-state index is -0.226. The molecule has 1 unspecified atom stereocenters. The zero-order valence-electron chi connectivity index (χ0n) is 16.3. The minimum Gasteiger partial charge on any atom is -0.301 e. The van der Waals surface area contributed by atoms with E-state index in [-0.39, 0.29) is 11.2 Å². The topological polar surface area (TPSA) is 54.9 Å². The fourth-order valence-corrected chi connectivity index (χ4v) is 4.60. The zero-order valence-corrected chi connectivity index (χ0v) is 17.9. The molecule has 1 N–H and O–H groups in total. The number of aryl methyl sites for hydroxylation is 1. The highest BCUT2D eigenvalue weighted by atomic mass is 32.2. The van der Waals surface area contributed by atoms with Crippen molar-refractivity contribution < 1.29 is 4.79 Å². The third-order valence-corrected chi connectivity index (χ3v) is 6.64. The average molecular weight is 420 g/mol. The molecule has 146 valence electrons. The van der Waals surface area contributed by atoms with E-state index in [1.165, 1.54) is 28.7 Å². The summed E-state index contributed by atoms with van der Waals surface area (Å²) < 4.78 is 0. The Hall–Kier alpha value is -2.70. The Morgan fingerprint density at radius 2 is 1.86 bits per heavy atom. The molecule has 6 heteroatoms. The van der Waals surface area contributed by atoms with E-state index in [4.69, 9.17) is 0 Å². The maximum atomic E-state index is 12.8. The zero-order chi connectivity index (χ0) is 20.2. The van der Waals surface area contributed by atoms with Crippen LogP contribution < -0.4 is 5.32 Å². The first kappa shape index (κ1) is 19.6. The van der Waals surface area contributed by atoms with E-state index in [2.05, 4.69) is 34.3 Å². The van der Waals surface area contributed by atoms with Crippen LogP contribution >= 0.6 is 23.1 Å². The molecule has 4 aromatic rings. The number of aromatic nitrogens is 2. The number of nitrogens with one attached hydrogen (secondary N) is 1. The van der Waals surface area contributed by atoms with Crippen LogP contribution in [0.4, 0.5) is 5.13 Å². The summed E-state index contributed by atoms with van der Waals surface area (Å²) in [4.78, 5) is 22.1. The molecular weight excluding hydrogens is 398 g/mol. The highest BCUT2D eigenvalue weighted by Gasteiger charge is 2.20.